The molecule has 0 spiro atoms. The lowest BCUT2D eigenvalue weighted by Gasteiger charge is -2.09. The van der Waals surface area contributed by atoms with Gasteiger partial charge in [0.2, 0.25) is 0 Å². The number of halogens is 3. The largest absolute Gasteiger partial charge is 0.416 e. The molecule has 0 heterocycles. The van der Waals surface area contributed by atoms with Gasteiger partial charge in [0, 0.05) is 0 Å². The first-order valence-corrected chi connectivity index (χ1v) is 4.12. The molecule has 0 aromatic heterocycles. The minimum absolute atomic E-state index is 0.455. The third-order valence-corrected chi connectivity index (χ3v) is 1.85. The summed E-state index contributed by atoms with van der Waals surface area (Å²) in [4.78, 5) is 0. The summed E-state index contributed by atoms with van der Waals surface area (Å²) in [5.41, 5.74) is 0.342. The predicted molar refractivity (Wildman–Crippen MR) is 46.3 cm³/mol. The summed E-state index contributed by atoms with van der Waals surface area (Å²) in [6, 6.07) is 0. The third kappa shape index (κ3) is 3.09. The lowest BCUT2D eigenvalue weighted by atomic mass is 10.1. The van der Waals surface area contributed by atoms with Crippen LogP contribution in [0, 0.1) is 0 Å². The molecule has 0 unspecified atom stereocenters. The van der Waals surface area contributed by atoms with Crippen molar-refractivity contribution in [3.8, 4) is 0 Å². The van der Waals surface area contributed by atoms with Gasteiger partial charge in [0.25, 0.3) is 0 Å². The van der Waals surface area contributed by atoms with Crippen LogP contribution in [0.5, 0.6) is 0 Å². The summed E-state index contributed by atoms with van der Waals surface area (Å²) < 4.78 is 36.7. The molecule has 0 radical (unpaired) electrons. The fourth-order valence-electron chi connectivity index (χ4n) is 1.12. The lowest BCUT2D eigenvalue weighted by Crippen LogP contribution is -2.10. The standard InChI is InChI=1S/C10H11F3/c1-8-4-2-3-5-9(7-6-8)10(11,12)13/h4-7H,2-3H2,1H3. The normalized spacial score (nSPS) is 18.8. The van der Waals surface area contributed by atoms with Gasteiger partial charge in [-0.1, -0.05) is 29.9 Å². The topological polar surface area (TPSA) is 0 Å². The summed E-state index contributed by atoms with van der Waals surface area (Å²) in [5, 5.41) is 0. The second-order valence-electron chi connectivity index (χ2n) is 3.02. The Morgan fingerprint density at radius 2 is 1.69 bits per heavy atom. The van der Waals surface area contributed by atoms with Crippen molar-refractivity contribution in [1.82, 2.24) is 0 Å². The Labute approximate surface area is 75.4 Å². The van der Waals surface area contributed by atoms with Crippen LogP contribution in [0.15, 0.2) is 35.5 Å². The number of alkyl halides is 3. The van der Waals surface area contributed by atoms with E-state index in [1.807, 2.05) is 6.08 Å². The summed E-state index contributed by atoms with van der Waals surface area (Å²) in [6.45, 7) is 1.80. The second-order valence-corrected chi connectivity index (χ2v) is 3.02. The van der Waals surface area contributed by atoms with E-state index in [4.69, 9.17) is 0 Å². The summed E-state index contributed by atoms with van der Waals surface area (Å²) >= 11 is 0. The highest BCUT2D eigenvalue weighted by molar-refractivity contribution is 5.31. The van der Waals surface area contributed by atoms with Crippen molar-refractivity contribution in [2.45, 2.75) is 25.9 Å². The SMILES string of the molecule is CC1=CCCC=C(C(F)(F)F)C=C1. The monoisotopic (exact) mass is 188 g/mol. The van der Waals surface area contributed by atoms with Crippen LogP contribution in [-0.2, 0) is 0 Å². The molecular formula is C10H11F3. The first-order chi connectivity index (χ1) is 6.00. The molecule has 1 aliphatic carbocycles. The van der Waals surface area contributed by atoms with Crippen LogP contribution in [0.3, 0.4) is 0 Å². The Bertz CT molecular complexity index is 266. The molecule has 0 saturated carbocycles. The first-order valence-electron chi connectivity index (χ1n) is 4.12. The molecule has 0 aromatic carbocycles. The molecule has 0 nitrogen and oxygen atoms in total. The van der Waals surface area contributed by atoms with E-state index >= 15 is 0 Å². The molecule has 0 aliphatic heterocycles. The molecular weight excluding hydrogens is 177 g/mol. The van der Waals surface area contributed by atoms with Crippen LogP contribution in [0.4, 0.5) is 13.2 Å². The molecule has 3 heteroatoms. The van der Waals surface area contributed by atoms with Gasteiger partial charge in [-0.15, -0.1) is 0 Å². The van der Waals surface area contributed by atoms with Crippen molar-refractivity contribution < 1.29 is 13.2 Å². The minimum atomic E-state index is -4.21. The average Bonchev–Trinajstić information content (AvgIpc) is 1.94. The molecule has 1 rings (SSSR count). The summed E-state index contributed by atoms with van der Waals surface area (Å²) in [7, 11) is 0. The molecule has 0 saturated heterocycles. The van der Waals surface area contributed by atoms with Crippen LogP contribution in [0.2, 0.25) is 0 Å². The van der Waals surface area contributed by atoms with Gasteiger partial charge < -0.3 is 0 Å². The molecule has 13 heavy (non-hydrogen) atoms. The minimum Gasteiger partial charge on any atom is -0.166 e. The third-order valence-electron chi connectivity index (χ3n) is 1.85. The zero-order chi connectivity index (χ0) is 9.90. The fraction of sp³-hybridized carbons (Fsp3) is 0.400. The van der Waals surface area contributed by atoms with Crippen molar-refractivity contribution in [2.75, 3.05) is 0 Å². The lowest BCUT2D eigenvalue weighted by molar-refractivity contribution is -0.0884. The first kappa shape index (κ1) is 10.1. The van der Waals surface area contributed by atoms with Crippen LogP contribution >= 0.6 is 0 Å². The number of allylic oxidation sites excluding steroid dienone is 6. The highest BCUT2D eigenvalue weighted by Gasteiger charge is 2.31. The Hall–Kier alpha value is -0.990. The molecule has 0 amide bonds. The molecule has 0 fully saturated rings. The molecule has 0 N–H and O–H groups in total. The summed E-state index contributed by atoms with van der Waals surface area (Å²) in [5.74, 6) is 0. The molecule has 0 bridgehead atoms. The highest BCUT2D eigenvalue weighted by Crippen LogP contribution is 2.28. The Balaban J connectivity index is 2.88. The highest BCUT2D eigenvalue weighted by atomic mass is 19.4. The molecule has 1 aliphatic rings. The van der Waals surface area contributed by atoms with Crippen LogP contribution < -0.4 is 0 Å². The maximum atomic E-state index is 12.2. The molecule has 0 aromatic rings. The zero-order valence-corrected chi connectivity index (χ0v) is 7.36. The van der Waals surface area contributed by atoms with Crippen molar-refractivity contribution in [1.29, 1.82) is 0 Å². The van der Waals surface area contributed by atoms with E-state index in [1.54, 1.807) is 6.92 Å². The van der Waals surface area contributed by atoms with Crippen LogP contribution in [0.1, 0.15) is 19.8 Å². The van der Waals surface area contributed by atoms with Gasteiger partial charge in [0.05, 0.1) is 5.57 Å². The number of hydrogen-bond donors (Lipinski definition) is 0. The van der Waals surface area contributed by atoms with Gasteiger partial charge in [-0.3, -0.25) is 0 Å². The van der Waals surface area contributed by atoms with E-state index in [0.29, 0.717) is 12.8 Å². The van der Waals surface area contributed by atoms with Crippen molar-refractivity contribution >= 4 is 0 Å². The van der Waals surface area contributed by atoms with Gasteiger partial charge >= 0.3 is 6.18 Å². The van der Waals surface area contributed by atoms with Crippen LogP contribution in [0.25, 0.3) is 0 Å². The Morgan fingerprint density at radius 1 is 1.08 bits per heavy atom. The molecule has 0 atom stereocenters. The fourth-order valence-corrected chi connectivity index (χ4v) is 1.12. The van der Waals surface area contributed by atoms with Gasteiger partial charge in [-0.05, 0) is 19.8 Å². The average molecular weight is 188 g/mol. The number of rotatable bonds is 0. The Morgan fingerprint density at radius 3 is 2.31 bits per heavy atom. The van der Waals surface area contributed by atoms with Crippen molar-refractivity contribution in [3.05, 3.63) is 35.5 Å². The Kier molecular flexibility index (Phi) is 2.96. The van der Waals surface area contributed by atoms with Gasteiger partial charge in [0.1, 0.15) is 0 Å². The van der Waals surface area contributed by atoms with E-state index < -0.39 is 11.7 Å². The quantitative estimate of drug-likeness (QED) is 0.542. The van der Waals surface area contributed by atoms with Crippen molar-refractivity contribution in [2.24, 2.45) is 0 Å². The van der Waals surface area contributed by atoms with E-state index in [1.165, 1.54) is 12.2 Å². The van der Waals surface area contributed by atoms with Gasteiger partial charge in [0.15, 0.2) is 0 Å². The van der Waals surface area contributed by atoms with E-state index in [-0.39, 0.29) is 0 Å². The van der Waals surface area contributed by atoms with E-state index in [9.17, 15) is 13.2 Å². The molecule has 72 valence electrons. The predicted octanol–water partition coefficient (Wildman–Crippen LogP) is 3.77. The van der Waals surface area contributed by atoms with E-state index in [2.05, 4.69) is 0 Å². The zero-order valence-electron chi connectivity index (χ0n) is 7.36. The van der Waals surface area contributed by atoms with Crippen molar-refractivity contribution in [3.63, 3.8) is 0 Å². The smallest absolute Gasteiger partial charge is 0.166 e. The maximum Gasteiger partial charge on any atom is 0.416 e. The van der Waals surface area contributed by atoms with E-state index in [0.717, 1.165) is 11.6 Å². The van der Waals surface area contributed by atoms with Gasteiger partial charge in [-0.25, -0.2) is 0 Å². The maximum absolute atomic E-state index is 12.2. The van der Waals surface area contributed by atoms with Gasteiger partial charge in [-0.2, -0.15) is 13.2 Å². The van der Waals surface area contributed by atoms with Crippen LogP contribution in [-0.4, -0.2) is 6.18 Å². The second kappa shape index (κ2) is 3.81. The number of hydrogen-bond acceptors (Lipinski definition) is 0. The summed E-state index contributed by atoms with van der Waals surface area (Å²) in [6.07, 6.45) is 2.71.